The second-order valence-electron chi connectivity index (χ2n) is 8.22. The van der Waals surface area contributed by atoms with Crippen molar-refractivity contribution in [1.82, 2.24) is 19.6 Å². The molecule has 0 fully saturated rings. The molecular weight excluding hydrogens is 414 g/mol. The summed E-state index contributed by atoms with van der Waals surface area (Å²) in [7, 11) is 0. The molecular formula is C26H15N5O2. The minimum absolute atomic E-state index is 0.587. The van der Waals surface area contributed by atoms with Crippen molar-refractivity contribution in [3.05, 3.63) is 114 Å². The first-order chi connectivity index (χ1) is 16.4. The van der Waals surface area contributed by atoms with Gasteiger partial charge in [-0.15, -0.1) is 0 Å². The maximum Gasteiger partial charge on any atom is 0.179 e. The van der Waals surface area contributed by atoms with Crippen molar-refractivity contribution in [1.29, 1.82) is 0 Å². The van der Waals surface area contributed by atoms with Crippen molar-refractivity contribution in [3.8, 4) is 11.5 Å². The lowest BCUT2D eigenvalue weighted by Crippen LogP contribution is -2.39. The van der Waals surface area contributed by atoms with Gasteiger partial charge in [0.1, 0.15) is 11.8 Å². The summed E-state index contributed by atoms with van der Waals surface area (Å²) in [6.07, 6.45) is 8.85. The van der Waals surface area contributed by atoms with Crippen molar-refractivity contribution in [2.24, 2.45) is 0 Å². The van der Waals surface area contributed by atoms with Crippen LogP contribution in [0.4, 0.5) is 11.5 Å². The topological polar surface area (TPSA) is 73.1 Å². The van der Waals surface area contributed by atoms with Gasteiger partial charge in [0.25, 0.3) is 0 Å². The standard InChI is InChI=1S/C26H15N5O2/c1-2-7-20-16(5-1)26(17-9-13-32-22(17)23-18(26)10-14-33-23)19-6-3-12-28-25(19)31(20)30-15-29-24-21(30)8-4-11-27-24/h1-15H. The number of pyridine rings is 2. The van der Waals surface area contributed by atoms with Crippen LogP contribution in [0, 0.1) is 0 Å². The molecule has 5 aromatic heterocycles. The molecule has 8 rings (SSSR count). The van der Waals surface area contributed by atoms with Crippen molar-refractivity contribution < 1.29 is 8.83 Å². The highest BCUT2D eigenvalue weighted by Gasteiger charge is 2.55. The van der Waals surface area contributed by atoms with Gasteiger partial charge >= 0.3 is 0 Å². The lowest BCUT2D eigenvalue weighted by Gasteiger charge is -2.42. The summed E-state index contributed by atoms with van der Waals surface area (Å²) in [5.41, 5.74) is 6.31. The van der Waals surface area contributed by atoms with Crippen LogP contribution in [-0.2, 0) is 5.41 Å². The molecule has 6 aromatic rings. The second kappa shape index (κ2) is 5.77. The molecule has 0 saturated heterocycles. The molecule has 6 heterocycles. The smallest absolute Gasteiger partial charge is 0.179 e. The number of benzene rings is 1. The van der Waals surface area contributed by atoms with Gasteiger partial charge < -0.3 is 8.83 Å². The Labute approximate surface area is 187 Å². The normalized spacial score (nSPS) is 14.8. The molecule has 0 amide bonds. The van der Waals surface area contributed by atoms with Crippen LogP contribution in [0.25, 0.3) is 22.7 Å². The lowest BCUT2D eigenvalue weighted by atomic mass is 9.66. The summed E-state index contributed by atoms with van der Waals surface area (Å²) in [6, 6.07) is 20.6. The molecule has 0 N–H and O–H groups in total. The Hall–Kier alpha value is -4.65. The Balaban J connectivity index is 1.54. The fourth-order valence-electron chi connectivity index (χ4n) is 5.60. The number of imidazole rings is 1. The highest BCUT2D eigenvalue weighted by molar-refractivity contribution is 5.89. The first kappa shape index (κ1) is 17.0. The number of rotatable bonds is 1. The number of hydrogen-bond donors (Lipinski definition) is 0. The highest BCUT2D eigenvalue weighted by atomic mass is 16.4. The van der Waals surface area contributed by atoms with Crippen LogP contribution < -0.4 is 5.01 Å². The Morgan fingerprint density at radius 3 is 2.24 bits per heavy atom. The minimum atomic E-state index is -0.587. The molecule has 33 heavy (non-hydrogen) atoms. The molecule has 1 aliphatic carbocycles. The molecule has 156 valence electrons. The number of nitrogens with zero attached hydrogens (tertiary/aromatic N) is 5. The van der Waals surface area contributed by atoms with E-state index in [-0.39, 0.29) is 0 Å². The number of aromatic nitrogens is 4. The van der Waals surface area contributed by atoms with Gasteiger partial charge in [-0.1, -0.05) is 24.3 Å². The van der Waals surface area contributed by atoms with Gasteiger partial charge in [0.2, 0.25) is 0 Å². The second-order valence-corrected chi connectivity index (χ2v) is 8.22. The van der Waals surface area contributed by atoms with Crippen LogP contribution in [0.1, 0.15) is 22.3 Å². The first-order valence-electron chi connectivity index (χ1n) is 10.7. The van der Waals surface area contributed by atoms with Gasteiger partial charge in [-0.25, -0.2) is 24.6 Å². The number of para-hydroxylation sites is 1. The third-order valence-electron chi connectivity index (χ3n) is 6.79. The Bertz CT molecular complexity index is 1620. The van der Waals surface area contributed by atoms with E-state index < -0.39 is 5.41 Å². The van der Waals surface area contributed by atoms with E-state index in [1.807, 2.05) is 47.3 Å². The maximum absolute atomic E-state index is 5.92. The van der Waals surface area contributed by atoms with Crippen molar-refractivity contribution in [3.63, 3.8) is 0 Å². The number of fused-ring (bicyclic) bond motifs is 10. The highest BCUT2D eigenvalue weighted by Crippen LogP contribution is 2.62. The van der Waals surface area contributed by atoms with Crippen LogP contribution >= 0.6 is 0 Å². The van der Waals surface area contributed by atoms with Crippen molar-refractivity contribution in [2.45, 2.75) is 5.41 Å². The van der Waals surface area contributed by atoms with Gasteiger partial charge in [-0.2, -0.15) is 0 Å². The molecule has 0 radical (unpaired) electrons. The molecule has 0 bridgehead atoms. The fourth-order valence-corrected chi connectivity index (χ4v) is 5.60. The molecule has 1 spiro atoms. The van der Waals surface area contributed by atoms with Crippen LogP contribution in [0.5, 0.6) is 0 Å². The Morgan fingerprint density at radius 2 is 1.39 bits per heavy atom. The largest absolute Gasteiger partial charge is 0.461 e. The van der Waals surface area contributed by atoms with Crippen LogP contribution in [0.3, 0.4) is 0 Å². The Morgan fingerprint density at radius 1 is 0.667 bits per heavy atom. The zero-order valence-corrected chi connectivity index (χ0v) is 17.2. The molecule has 1 aromatic carbocycles. The molecule has 0 atom stereocenters. The first-order valence-corrected chi connectivity index (χ1v) is 10.7. The monoisotopic (exact) mass is 429 g/mol. The van der Waals surface area contributed by atoms with Gasteiger partial charge in [0.15, 0.2) is 23.0 Å². The van der Waals surface area contributed by atoms with E-state index in [1.165, 1.54) is 0 Å². The Kier molecular flexibility index (Phi) is 2.97. The number of furan rings is 2. The average molecular weight is 429 g/mol. The van der Waals surface area contributed by atoms with E-state index in [4.69, 9.17) is 13.8 Å². The third-order valence-corrected chi connectivity index (χ3v) is 6.79. The van der Waals surface area contributed by atoms with E-state index in [0.717, 1.165) is 50.8 Å². The van der Waals surface area contributed by atoms with Crippen molar-refractivity contribution >= 4 is 22.7 Å². The van der Waals surface area contributed by atoms with E-state index in [9.17, 15) is 0 Å². The predicted octanol–water partition coefficient (Wildman–Crippen LogP) is 5.29. The van der Waals surface area contributed by atoms with E-state index in [2.05, 4.69) is 39.2 Å². The average Bonchev–Trinajstić information content (AvgIpc) is 3.64. The zero-order valence-electron chi connectivity index (χ0n) is 17.2. The lowest BCUT2D eigenvalue weighted by molar-refractivity contribution is 0.525. The molecule has 0 saturated carbocycles. The third kappa shape index (κ3) is 1.85. The summed E-state index contributed by atoms with van der Waals surface area (Å²) < 4.78 is 13.9. The van der Waals surface area contributed by atoms with E-state index in [0.29, 0.717) is 5.65 Å². The summed E-state index contributed by atoms with van der Waals surface area (Å²) in [5.74, 6) is 2.36. The van der Waals surface area contributed by atoms with Crippen molar-refractivity contribution in [2.75, 3.05) is 5.01 Å². The summed E-state index contributed by atoms with van der Waals surface area (Å²) in [6.45, 7) is 0. The molecule has 2 aliphatic rings. The fraction of sp³-hybridized carbons (Fsp3) is 0.0385. The van der Waals surface area contributed by atoms with Gasteiger partial charge in [0.05, 0.1) is 23.6 Å². The predicted molar refractivity (Wildman–Crippen MR) is 121 cm³/mol. The molecule has 0 unspecified atom stereocenters. The minimum Gasteiger partial charge on any atom is -0.461 e. The van der Waals surface area contributed by atoms with Crippen LogP contribution in [0.15, 0.2) is 101 Å². The number of hydrogen-bond acceptors (Lipinski definition) is 6. The van der Waals surface area contributed by atoms with Gasteiger partial charge in [-0.3, -0.25) is 0 Å². The molecule has 7 nitrogen and oxygen atoms in total. The number of anilines is 2. The maximum atomic E-state index is 5.92. The quantitative estimate of drug-likeness (QED) is 0.353. The van der Waals surface area contributed by atoms with Gasteiger partial charge in [-0.05, 0) is 42.0 Å². The zero-order chi connectivity index (χ0) is 21.6. The van der Waals surface area contributed by atoms with Gasteiger partial charge in [0, 0.05) is 29.1 Å². The summed E-state index contributed by atoms with van der Waals surface area (Å²) >= 11 is 0. The summed E-state index contributed by atoms with van der Waals surface area (Å²) in [4.78, 5) is 13.8. The van der Waals surface area contributed by atoms with Crippen LogP contribution in [-0.4, -0.2) is 19.6 Å². The SMILES string of the molecule is c1ccc2c(c1)N(n1cnc3ncccc31)c1ncccc1C21c2ccoc2-c2occc21. The van der Waals surface area contributed by atoms with E-state index >= 15 is 0 Å². The molecule has 1 aliphatic heterocycles. The van der Waals surface area contributed by atoms with E-state index in [1.54, 1.807) is 25.1 Å². The molecule has 7 heteroatoms. The summed E-state index contributed by atoms with van der Waals surface area (Å²) in [5, 5.41) is 2.12. The van der Waals surface area contributed by atoms with Crippen LogP contribution in [0.2, 0.25) is 0 Å².